The number of rotatable bonds is 23. The number of nitrogens with one attached hydrogen (secondary N) is 17. The summed E-state index contributed by atoms with van der Waals surface area (Å²) in [5.41, 5.74) is 22.0. The predicted octanol–water partition coefficient (Wildman–Crippen LogP) is -2.27. The minimum Gasteiger partial charge on any atom is -0.394 e. The van der Waals surface area contributed by atoms with Crippen LogP contribution in [0.4, 0.5) is 0 Å². The first-order valence-corrected chi connectivity index (χ1v) is 45.7. The fourth-order valence-corrected chi connectivity index (χ4v) is 16.7. The van der Waals surface area contributed by atoms with Crippen LogP contribution in [0, 0.1) is 11.3 Å². The van der Waals surface area contributed by atoms with Crippen molar-refractivity contribution in [1.82, 2.24) is 104 Å². The third kappa shape index (κ3) is 29.5. The number of nitrogens with zero attached hydrogens (tertiary/aromatic N) is 4. The summed E-state index contributed by atoms with van der Waals surface area (Å²) in [4.78, 5) is 263. The molecule has 1 unspecified atom stereocenters. The zero-order valence-electron chi connectivity index (χ0n) is 76.1. The van der Waals surface area contributed by atoms with E-state index in [2.05, 4.69) is 89.1 Å². The lowest BCUT2D eigenvalue weighted by molar-refractivity contribution is -0.145. The second kappa shape index (κ2) is 49.6. The highest BCUT2D eigenvalue weighted by Crippen LogP contribution is 2.26. The van der Waals surface area contributed by atoms with E-state index in [0.29, 0.717) is 49.8 Å². The molecule has 5 heterocycles. The van der Waals surface area contributed by atoms with Gasteiger partial charge in [0.2, 0.25) is 100 Å². The van der Waals surface area contributed by atoms with Gasteiger partial charge < -0.3 is 121 Å². The van der Waals surface area contributed by atoms with Gasteiger partial charge in [-0.05, 0) is 97.4 Å². The Hall–Kier alpha value is -15.0. The van der Waals surface area contributed by atoms with Gasteiger partial charge in [0.25, 0.3) is 0 Å². The molecule has 24 N–H and O–H groups in total. The number of hydrogen-bond acceptors (Lipinski definition) is 21. The fraction of sp³-hybridized carbons (Fsp3) is 0.409. The molecule has 2 aliphatic rings. The van der Waals surface area contributed by atoms with E-state index in [1.54, 1.807) is 129 Å². The van der Waals surface area contributed by atoms with Gasteiger partial charge in [-0.25, -0.2) is 4.98 Å². The average Bonchev–Trinajstić information content (AvgIpc) is 1.69. The lowest BCUT2D eigenvalue weighted by Gasteiger charge is -2.32. The number of primary amides is 2. The molecule has 2 fully saturated rings. The first-order chi connectivity index (χ1) is 65.0. The predicted molar refractivity (Wildman–Crippen MR) is 503 cm³/mol. The first-order valence-electron chi connectivity index (χ1n) is 44.5. The van der Waals surface area contributed by atoms with Crippen molar-refractivity contribution in [3.05, 3.63) is 186 Å². The van der Waals surface area contributed by atoms with Gasteiger partial charge in [-0.1, -0.05) is 135 Å². The molecule has 2 aliphatic heterocycles. The van der Waals surface area contributed by atoms with E-state index < -0.39 is 223 Å². The van der Waals surface area contributed by atoms with Crippen LogP contribution >= 0.6 is 11.8 Å². The minimum atomic E-state index is -1.89. The third-order valence-electron chi connectivity index (χ3n) is 23.4. The maximum Gasteiger partial charge on any atom is 0.246 e. The number of para-hydroxylation sites is 2. The van der Waals surface area contributed by atoms with Gasteiger partial charge in [0, 0.05) is 111 Å². The number of aliphatic hydroxyl groups is 1. The first kappa shape index (κ1) is 103. The number of likely N-dealkylation sites (N-methyl/N-ethyl adjacent to an activating group) is 2. The Morgan fingerprint density at radius 3 is 1.57 bits per heavy atom. The number of thioether (sulfide) groups is 1. The number of carbonyl (C=O) groups is 17. The number of nitrogens with two attached hydrogens (primary N) is 3. The summed E-state index contributed by atoms with van der Waals surface area (Å²) in [7, 11) is 2.51. The third-order valence-corrected chi connectivity index (χ3v) is 24.4. The number of aliphatic hydroxyl groups excluding tert-OH is 1. The van der Waals surface area contributed by atoms with Crippen molar-refractivity contribution in [2.75, 3.05) is 58.4 Å². The second-order valence-corrected chi connectivity index (χ2v) is 34.9. The van der Waals surface area contributed by atoms with Gasteiger partial charge in [0.05, 0.1) is 38.2 Å². The topological polar surface area (TPSA) is 639 Å². The molecule has 42 nitrogen and oxygen atoms in total. The fourth-order valence-electron chi connectivity index (χ4n) is 15.8. The van der Waals surface area contributed by atoms with Crippen molar-refractivity contribution in [1.29, 1.82) is 5.41 Å². The van der Waals surface area contributed by atoms with Crippen LogP contribution in [0.25, 0.3) is 32.9 Å². The van der Waals surface area contributed by atoms with Gasteiger partial charge in [0.1, 0.15) is 78.5 Å². The van der Waals surface area contributed by atoms with Crippen molar-refractivity contribution in [2.45, 2.75) is 177 Å². The smallest absolute Gasteiger partial charge is 0.246 e. The number of benzene rings is 5. The maximum atomic E-state index is 15.6. The quantitative estimate of drug-likeness (QED) is 0.0182. The lowest BCUT2D eigenvalue weighted by atomic mass is 9.99. The summed E-state index contributed by atoms with van der Waals surface area (Å²) < 4.78 is 0. The molecule has 8 aromatic rings. The largest absolute Gasteiger partial charge is 0.394 e. The molecular formula is C93H118N24O18S. The molecule has 136 heavy (non-hydrogen) atoms. The van der Waals surface area contributed by atoms with Crippen LogP contribution in [-0.2, 0) is 114 Å². The SMILES string of the molecule is CC(C)C[C@@H]1NC(=O)[C@H](Cc2cnc[nH]2)NC(=O)[C@@H]2CCCN2C(=O)[C@H](CC(N)=O)NC(=O)[C@H](C)N(C)C(=O)[C@H](Cc2ccccc2)NC(=O)CSC[C@@H](C(=O)NCC(N)=O)NC(=O)C(CCCNC(=N)N)NC(=O)[C@H](C)N(C)C(=O)[C@H](Cc2ccc(-c3ccccc3)cc2)NC(=O)[C@H](Cc2c[nH]c3ccccc23)NC(=O)[C@H](CO)NC(=O)[C@H](Cc2c[nH]c3ccccc23)NC(=O)CNC1=O. The molecule has 5 aromatic carbocycles. The van der Waals surface area contributed by atoms with E-state index in [9.17, 15) is 67.4 Å². The van der Waals surface area contributed by atoms with Gasteiger partial charge in [-0.3, -0.25) is 86.9 Å². The van der Waals surface area contributed by atoms with Crippen LogP contribution in [0.3, 0.4) is 0 Å². The molecule has 724 valence electrons. The number of H-pyrrole nitrogens is 3. The van der Waals surface area contributed by atoms with Crippen molar-refractivity contribution in [3.63, 3.8) is 0 Å². The number of fused-ring (bicyclic) bond motifs is 3. The maximum absolute atomic E-state index is 15.6. The van der Waals surface area contributed by atoms with Crippen LogP contribution in [0.15, 0.2) is 158 Å². The van der Waals surface area contributed by atoms with E-state index in [1.165, 1.54) is 40.5 Å². The summed E-state index contributed by atoms with van der Waals surface area (Å²) >= 11 is 0.778. The molecule has 43 heteroatoms. The number of guanidine groups is 1. The van der Waals surface area contributed by atoms with Crippen LogP contribution in [0.2, 0.25) is 0 Å². The molecule has 0 bridgehead atoms. The molecule has 17 amide bonds. The number of amides is 17. The standard InChI is InChI=1S/C93H118N24O18S/c1-51(2)35-66-82(125)103-46-78(121)105-67(38-58-42-100-63-25-15-13-23-61(58)63)85(128)113-73(47-118)88(131)109-68(39-59-43-101-64-26-16-14-24-62(59)64)86(129)112-71(37-55-29-31-57(32-30-55)56-21-11-8-12-22-56)91(134)116(6)52(3)80(123)107-65(27-17-33-99-93(96)97)84(127)114-74(83(126)102-45-77(95)120)48-136-49-79(122)106-70(36-54-19-9-7-10-20-54)90(133)115(5)53(4)81(124)111-72(41-76(94)119)92(135)117-34-18-28-75(117)89(132)110-69(87(130)108-66)40-60-44-98-50-104-60/h7-16,19-26,29-32,42-44,50-53,65-75,100-101,118H,17-18,27-28,33-41,45-49H2,1-6H3,(H2,94,119)(H2,95,120)(H,98,104)(H,102,126)(H,103,125)(H,105,121)(H,106,122)(H,107,123)(H,108,130)(H,109,131)(H,110,132)(H,111,124)(H,112,129)(H,113,128)(H,114,127)(H4,96,97,99)/t52-,53-,65?,66-,67-,68-,69-,70-,71-,72-,73-,74-,75-/m0/s1. The number of hydrogen-bond donors (Lipinski definition) is 21. The molecule has 0 saturated carbocycles. The van der Waals surface area contributed by atoms with E-state index in [4.69, 9.17) is 22.6 Å². The molecule has 2 saturated heterocycles. The highest BCUT2D eigenvalue weighted by Gasteiger charge is 2.43. The summed E-state index contributed by atoms with van der Waals surface area (Å²) in [5, 5.41) is 54.3. The highest BCUT2D eigenvalue weighted by molar-refractivity contribution is 8.00. The Balaban J connectivity index is 1.000. The van der Waals surface area contributed by atoms with Crippen LogP contribution in [-0.4, -0.2) is 283 Å². The Morgan fingerprint density at radius 2 is 1.00 bits per heavy atom. The van der Waals surface area contributed by atoms with Crippen molar-refractivity contribution in [2.24, 2.45) is 23.1 Å². The van der Waals surface area contributed by atoms with Gasteiger partial charge in [-0.15, -0.1) is 11.8 Å². The Morgan fingerprint density at radius 1 is 0.507 bits per heavy atom. The summed E-state index contributed by atoms with van der Waals surface area (Å²) in [5.74, 6) is -17.9. The molecule has 0 aliphatic carbocycles. The molecule has 0 spiro atoms. The number of imidazole rings is 1. The average molecular weight is 1890 g/mol. The van der Waals surface area contributed by atoms with Crippen LogP contribution < -0.4 is 86.3 Å². The number of aromatic amines is 3. The zero-order chi connectivity index (χ0) is 98.4. The number of carbonyl (C=O) groups excluding carboxylic acids is 17. The van der Waals surface area contributed by atoms with E-state index >= 15 is 19.2 Å². The zero-order valence-corrected chi connectivity index (χ0v) is 77.0. The van der Waals surface area contributed by atoms with Gasteiger partial charge >= 0.3 is 0 Å². The van der Waals surface area contributed by atoms with E-state index in [0.717, 1.165) is 37.6 Å². The normalized spacial score (nSPS) is 22.9. The molecule has 0 radical (unpaired) electrons. The Bertz CT molecular complexity index is 5610. The molecule has 13 atom stereocenters. The molecule has 3 aromatic heterocycles. The van der Waals surface area contributed by atoms with Crippen molar-refractivity contribution >= 4 is 140 Å². The van der Waals surface area contributed by atoms with Crippen LogP contribution in [0.1, 0.15) is 94.2 Å². The Kier molecular flexibility index (Phi) is 37.6. The lowest BCUT2D eigenvalue weighted by Crippen LogP contribution is -2.61. The Labute approximate surface area is 787 Å². The number of aromatic nitrogens is 4. The van der Waals surface area contributed by atoms with Gasteiger partial charge in [-0.2, -0.15) is 0 Å². The highest BCUT2D eigenvalue weighted by atomic mass is 32.2. The second-order valence-electron chi connectivity index (χ2n) is 33.9. The monoisotopic (exact) mass is 1890 g/mol. The minimum absolute atomic E-state index is 0.00799. The van der Waals surface area contributed by atoms with E-state index in [-0.39, 0.29) is 83.2 Å². The summed E-state index contributed by atoms with van der Waals surface area (Å²) in [6.07, 6.45) is 3.80. The van der Waals surface area contributed by atoms with Crippen molar-refractivity contribution < 1.29 is 86.6 Å². The summed E-state index contributed by atoms with van der Waals surface area (Å²) in [6, 6.07) is 18.5. The summed E-state index contributed by atoms with van der Waals surface area (Å²) in [6.45, 7) is 3.36. The van der Waals surface area contributed by atoms with Crippen LogP contribution in [0.5, 0.6) is 0 Å². The molecular weight excluding hydrogens is 1770 g/mol. The van der Waals surface area contributed by atoms with Gasteiger partial charge in [0.15, 0.2) is 5.96 Å². The van der Waals surface area contributed by atoms with Crippen molar-refractivity contribution in [3.8, 4) is 11.1 Å². The molecule has 10 rings (SSSR count). The van der Waals surface area contributed by atoms with E-state index in [1.807, 2.05) is 30.3 Å².